The van der Waals surface area contributed by atoms with Crippen LogP contribution in [0.3, 0.4) is 0 Å². The molecule has 0 radical (unpaired) electrons. The number of halogens is 1. The van der Waals surface area contributed by atoms with Crippen LogP contribution in [0.25, 0.3) is 0 Å². The summed E-state index contributed by atoms with van der Waals surface area (Å²) in [6.45, 7) is 1.95. The average Bonchev–Trinajstić information content (AvgIpc) is 2.44. The molecule has 1 heterocycles. The Kier molecular flexibility index (Phi) is 5.73. The Labute approximate surface area is 131 Å². The van der Waals surface area contributed by atoms with Crippen molar-refractivity contribution in [3.63, 3.8) is 0 Å². The minimum atomic E-state index is 0.184. The van der Waals surface area contributed by atoms with Crippen molar-refractivity contribution in [2.24, 2.45) is 0 Å². The summed E-state index contributed by atoms with van der Waals surface area (Å²) in [5.74, 6) is 1.04. The molecule has 1 aromatic heterocycles. The molecule has 0 bridgehead atoms. The van der Waals surface area contributed by atoms with Gasteiger partial charge >= 0.3 is 0 Å². The lowest BCUT2D eigenvalue weighted by Crippen LogP contribution is -1.99. The fraction of sp³-hybridized carbons (Fsp3) is 0.267. The standard InChI is InChI=1S/C15H15BrN2OS/c1-11-8-9-17-15(18-11)20-10-2-3-14(19)12-4-6-13(16)7-5-12/h4-9H,2-3,10H2,1H3. The summed E-state index contributed by atoms with van der Waals surface area (Å²) in [6.07, 6.45) is 3.15. The van der Waals surface area contributed by atoms with Crippen LogP contribution in [0, 0.1) is 6.92 Å². The van der Waals surface area contributed by atoms with Crippen LogP contribution in [0.15, 0.2) is 46.2 Å². The summed E-state index contributed by atoms with van der Waals surface area (Å²) in [7, 11) is 0. The quantitative estimate of drug-likeness (QED) is 0.337. The van der Waals surface area contributed by atoms with Gasteiger partial charge in [-0.25, -0.2) is 9.97 Å². The third-order valence-electron chi connectivity index (χ3n) is 2.72. The lowest BCUT2D eigenvalue weighted by Gasteiger charge is -2.02. The first-order valence-electron chi connectivity index (χ1n) is 6.36. The highest BCUT2D eigenvalue weighted by Gasteiger charge is 2.06. The first-order chi connectivity index (χ1) is 9.65. The van der Waals surface area contributed by atoms with Gasteiger partial charge in [-0.05, 0) is 31.5 Å². The maximum atomic E-state index is 12.0. The molecule has 5 heteroatoms. The molecular weight excluding hydrogens is 336 g/mol. The van der Waals surface area contributed by atoms with E-state index in [4.69, 9.17) is 0 Å². The molecule has 0 atom stereocenters. The molecule has 104 valence electrons. The van der Waals surface area contributed by atoms with Crippen molar-refractivity contribution in [1.29, 1.82) is 0 Å². The number of aryl methyl sites for hydroxylation is 1. The first kappa shape index (κ1) is 15.2. The largest absolute Gasteiger partial charge is 0.294 e. The Hall–Kier alpha value is -1.20. The van der Waals surface area contributed by atoms with E-state index in [0.717, 1.165) is 33.1 Å². The number of Topliss-reactive ketones (excluding diaryl/α,β-unsaturated/α-hetero) is 1. The number of nitrogens with zero attached hydrogens (tertiary/aromatic N) is 2. The number of aromatic nitrogens is 2. The molecule has 2 aromatic rings. The van der Waals surface area contributed by atoms with Crippen LogP contribution in [0.4, 0.5) is 0 Å². The smallest absolute Gasteiger partial charge is 0.187 e. The predicted octanol–water partition coefficient (Wildman–Crippen LogP) is 4.30. The van der Waals surface area contributed by atoms with E-state index in [0.29, 0.717) is 6.42 Å². The van der Waals surface area contributed by atoms with Crippen molar-refractivity contribution in [3.05, 3.63) is 52.3 Å². The minimum Gasteiger partial charge on any atom is -0.294 e. The maximum Gasteiger partial charge on any atom is 0.187 e. The van der Waals surface area contributed by atoms with Gasteiger partial charge in [-0.15, -0.1) is 0 Å². The number of carbonyl (C=O) groups excluding carboxylic acids is 1. The van der Waals surface area contributed by atoms with Gasteiger partial charge in [0.25, 0.3) is 0 Å². The van der Waals surface area contributed by atoms with Crippen molar-refractivity contribution in [2.45, 2.75) is 24.9 Å². The summed E-state index contributed by atoms with van der Waals surface area (Å²) >= 11 is 4.95. The normalized spacial score (nSPS) is 10.5. The highest BCUT2D eigenvalue weighted by molar-refractivity contribution is 9.10. The van der Waals surface area contributed by atoms with Crippen LogP contribution < -0.4 is 0 Å². The second kappa shape index (κ2) is 7.55. The molecule has 0 aliphatic heterocycles. The molecule has 0 aliphatic carbocycles. The third-order valence-corrected chi connectivity index (χ3v) is 4.19. The van der Waals surface area contributed by atoms with Gasteiger partial charge in [0.05, 0.1) is 0 Å². The summed E-state index contributed by atoms with van der Waals surface area (Å²) in [6, 6.07) is 9.36. The van der Waals surface area contributed by atoms with E-state index in [1.165, 1.54) is 0 Å². The second-order valence-corrected chi connectivity index (χ2v) is 6.34. The van der Waals surface area contributed by atoms with Crippen molar-refractivity contribution in [3.8, 4) is 0 Å². The van der Waals surface area contributed by atoms with E-state index in [9.17, 15) is 4.79 Å². The van der Waals surface area contributed by atoms with E-state index in [1.807, 2.05) is 37.3 Å². The van der Waals surface area contributed by atoms with Gasteiger partial charge in [0, 0.05) is 34.1 Å². The molecule has 0 saturated carbocycles. The van der Waals surface area contributed by atoms with Crippen molar-refractivity contribution >= 4 is 33.5 Å². The van der Waals surface area contributed by atoms with Gasteiger partial charge in [-0.3, -0.25) is 4.79 Å². The first-order valence-corrected chi connectivity index (χ1v) is 8.14. The fourth-order valence-corrected chi connectivity index (χ4v) is 2.75. The molecule has 3 nitrogen and oxygen atoms in total. The molecule has 0 aliphatic rings. The Morgan fingerprint density at radius 3 is 2.70 bits per heavy atom. The molecule has 0 amide bonds. The van der Waals surface area contributed by atoms with Crippen LogP contribution in [0.5, 0.6) is 0 Å². The van der Waals surface area contributed by atoms with E-state index in [2.05, 4.69) is 25.9 Å². The molecule has 0 N–H and O–H groups in total. The third kappa shape index (κ3) is 4.72. The van der Waals surface area contributed by atoms with E-state index in [-0.39, 0.29) is 5.78 Å². The maximum absolute atomic E-state index is 12.0. The summed E-state index contributed by atoms with van der Waals surface area (Å²) < 4.78 is 0.987. The van der Waals surface area contributed by atoms with Gasteiger partial charge in [0.2, 0.25) is 0 Å². The Morgan fingerprint density at radius 2 is 2.00 bits per heavy atom. The number of hydrogen-bond acceptors (Lipinski definition) is 4. The van der Waals surface area contributed by atoms with Crippen molar-refractivity contribution in [2.75, 3.05) is 5.75 Å². The van der Waals surface area contributed by atoms with Crippen molar-refractivity contribution < 1.29 is 4.79 Å². The molecule has 0 unspecified atom stereocenters. The van der Waals surface area contributed by atoms with Crippen LogP contribution >= 0.6 is 27.7 Å². The van der Waals surface area contributed by atoms with Gasteiger partial charge in [-0.2, -0.15) is 0 Å². The number of carbonyl (C=O) groups is 1. The lowest BCUT2D eigenvalue weighted by molar-refractivity contribution is 0.0982. The highest BCUT2D eigenvalue weighted by atomic mass is 79.9. The average molecular weight is 351 g/mol. The van der Waals surface area contributed by atoms with E-state index < -0.39 is 0 Å². The molecular formula is C15H15BrN2OS. The summed E-state index contributed by atoms with van der Waals surface area (Å²) in [5.41, 5.74) is 1.73. The topological polar surface area (TPSA) is 42.9 Å². The molecule has 0 saturated heterocycles. The van der Waals surface area contributed by atoms with Gasteiger partial charge in [0.15, 0.2) is 10.9 Å². The number of rotatable bonds is 6. The molecule has 0 spiro atoms. The van der Waals surface area contributed by atoms with Gasteiger partial charge in [0.1, 0.15) is 0 Å². The highest BCUT2D eigenvalue weighted by Crippen LogP contribution is 2.16. The zero-order valence-corrected chi connectivity index (χ0v) is 13.6. The lowest BCUT2D eigenvalue weighted by atomic mass is 10.1. The summed E-state index contributed by atoms with van der Waals surface area (Å²) in [5, 5.41) is 0.779. The van der Waals surface area contributed by atoms with E-state index >= 15 is 0 Å². The Bertz CT molecular complexity index is 587. The zero-order valence-electron chi connectivity index (χ0n) is 11.2. The van der Waals surface area contributed by atoms with Crippen LogP contribution in [0.2, 0.25) is 0 Å². The Morgan fingerprint density at radius 1 is 1.25 bits per heavy atom. The number of benzene rings is 1. The van der Waals surface area contributed by atoms with E-state index in [1.54, 1.807) is 18.0 Å². The van der Waals surface area contributed by atoms with Gasteiger partial charge in [-0.1, -0.05) is 39.8 Å². The molecule has 2 rings (SSSR count). The van der Waals surface area contributed by atoms with Crippen LogP contribution in [0.1, 0.15) is 28.9 Å². The molecule has 1 aromatic carbocycles. The number of hydrogen-bond donors (Lipinski definition) is 0. The van der Waals surface area contributed by atoms with Crippen LogP contribution in [-0.2, 0) is 0 Å². The summed E-state index contributed by atoms with van der Waals surface area (Å²) in [4.78, 5) is 20.5. The second-order valence-electron chi connectivity index (χ2n) is 4.36. The SMILES string of the molecule is Cc1ccnc(SCCCC(=O)c2ccc(Br)cc2)n1. The minimum absolute atomic E-state index is 0.184. The van der Waals surface area contributed by atoms with Crippen molar-refractivity contribution in [1.82, 2.24) is 9.97 Å². The van der Waals surface area contributed by atoms with Crippen LogP contribution in [-0.4, -0.2) is 21.5 Å². The molecule has 20 heavy (non-hydrogen) atoms. The Balaban J connectivity index is 1.76. The number of thioether (sulfide) groups is 1. The molecule has 0 fully saturated rings. The fourth-order valence-electron chi connectivity index (χ4n) is 1.67. The van der Waals surface area contributed by atoms with Gasteiger partial charge < -0.3 is 0 Å². The zero-order chi connectivity index (χ0) is 14.4. The number of ketones is 1. The monoisotopic (exact) mass is 350 g/mol. The predicted molar refractivity (Wildman–Crippen MR) is 85.2 cm³/mol.